The standard InChI is InChI=1S/C18H19F3N2O2S/c1-11(2)16(14-4-3-9-26-14)23-15(24)10-22-17(25)12-5-7-13(8-6-12)18(19,20)21/h3-9,11,16H,10H2,1-2H3,(H,22,25)(H,23,24)/t16-/m0/s1. The maximum Gasteiger partial charge on any atom is 0.416 e. The van der Waals surface area contributed by atoms with E-state index >= 15 is 0 Å². The summed E-state index contributed by atoms with van der Waals surface area (Å²) in [6, 6.07) is 7.49. The second-order valence-electron chi connectivity index (χ2n) is 6.06. The Balaban J connectivity index is 1.91. The first-order chi connectivity index (χ1) is 12.2. The summed E-state index contributed by atoms with van der Waals surface area (Å²) in [5, 5.41) is 7.20. The van der Waals surface area contributed by atoms with Gasteiger partial charge in [-0.15, -0.1) is 11.3 Å². The van der Waals surface area contributed by atoms with Crippen LogP contribution in [-0.4, -0.2) is 18.4 Å². The van der Waals surface area contributed by atoms with E-state index < -0.39 is 17.6 Å². The lowest BCUT2D eigenvalue weighted by molar-refractivity contribution is -0.137. The van der Waals surface area contributed by atoms with Crippen molar-refractivity contribution in [3.63, 3.8) is 0 Å². The lowest BCUT2D eigenvalue weighted by Crippen LogP contribution is -2.39. The van der Waals surface area contributed by atoms with E-state index in [1.165, 1.54) is 11.3 Å². The molecule has 4 nitrogen and oxygen atoms in total. The van der Waals surface area contributed by atoms with Gasteiger partial charge in [-0.1, -0.05) is 19.9 Å². The first kappa shape index (κ1) is 20.0. The molecule has 2 rings (SSSR count). The van der Waals surface area contributed by atoms with E-state index in [9.17, 15) is 22.8 Å². The number of carbonyl (C=O) groups excluding carboxylic acids is 2. The number of hydrogen-bond acceptors (Lipinski definition) is 3. The Kier molecular flexibility index (Phi) is 6.42. The monoisotopic (exact) mass is 384 g/mol. The van der Waals surface area contributed by atoms with E-state index in [0.717, 1.165) is 29.1 Å². The van der Waals surface area contributed by atoms with Gasteiger partial charge in [-0.25, -0.2) is 0 Å². The van der Waals surface area contributed by atoms with Crippen molar-refractivity contribution in [2.24, 2.45) is 5.92 Å². The lowest BCUT2D eigenvalue weighted by atomic mass is 10.0. The Morgan fingerprint density at radius 2 is 1.77 bits per heavy atom. The molecule has 0 unspecified atom stereocenters. The molecular formula is C18H19F3N2O2S. The molecule has 2 N–H and O–H groups in total. The van der Waals surface area contributed by atoms with E-state index in [1.807, 2.05) is 31.4 Å². The van der Waals surface area contributed by atoms with Crippen LogP contribution in [0.15, 0.2) is 41.8 Å². The second kappa shape index (κ2) is 8.35. The molecule has 0 bridgehead atoms. The predicted octanol–water partition coefficient (Wildman–Crippen LogP) is 4.01. The topological polar surface area (TPSA) is 58.2 Å². The van der Waals surface area contributed by atoms with Gasteiger partial charge in [0.05, 0.1) is 18.2 Å². The van der Waals surface area contributed by atoms with Gasteiger partial charge < -0.3 is 10.6 Å². The van der Waals surface area contributed by atoms with Crippen LogP contribution in [0.4, 0.5) is 13.2 Å². The highest BCUT2D eigenvalue weighted by Gasteiger charge is 2.30. The molecule has 0 aliphatic heterocycles. The third-order valence-electron chi connectivity index (χ3n) is 3.72. The molecule has 8 heteroatoms. The van der Waals surface area contributed by atoms with Gasteiger partial charge in [0, 0.05) is 10.4 Å². The highest BCUT2D eigenvalue weighted by molar-refractivity contribution is 7.10. The smallest absolute Gasteiger partial charge is 0.347 e. The van der Waals surface area contributed by atoms with Gasteiger partial charge in [-0.3, -0.25) is 9.59 Å². The molecule has 0 spiro atoms. The minimum absolute atomic E-state index is 0.0597. The van der Waals surface area contributed by atoms with E-state index in [1.54, 1.807) is 0 Å². The molecule has 1 heterocycles. The van der Waals surface area contributed by atoms with E-state index in [2.05, 4.69) is 10.6 Å². The van der Waals surface area contributed by atoms with Crippen molar-refractivity contribution in [2.75, 3.05) is 6.54 Å². The molecule has 140 valence electrons. The number of benzene rings is 1. The molecule has 0 aliphatic carbocycles. The third kappa shape index (κ3) is 5.32. The summed E-state index contributed by atoms with van der Waals surface area (Å²) >= 11 is 1.53. The fourth-order valence-corrected chi connectivity index (χ4v) is 3.28. The largest absolute Gasteiger partial charge is 0.416 e. The zero-order valence-electron chi connectivity index (χ0n) is 14.3. The summed E-state index contributed by atoms with van der Waals surface area (Å²) in [6.45, 7) is 3.70. The van der Waals surface area contributed by atoms with E-state index in [-0.39, 0.29) is 30.0 Å². The number of carbonyl (C=O) groups is 2. The quantitative estimate of drug-likeness (QED) is 0.791. The summed E-state index contributed by atoms with van der Waals surface area (Å²) in [5.41, 5.74) is -0.771. The van der Waals surface area contributed by atoms with Crippen LogP contribution >= 0.6 is 11.3 Å². The Morgan fingerprint density at radius 1 is 1.12 bits per heavy atom. The molecular weight excluding hydrogens is 365 g/mol. The Bertz CT molecular complexity index is 741. The zero-order valence-corrected chi connectivity index (χ0v) is 15.1. The van der Waals surface area contributed by atoms with Gasteiger partial charge in [0.1, 0.15) is 0 Å². The van der Waals surface area contributed by atoms with Crippen molar-refractivity contribution in [2.45, 2.75) is 26.1 Å². The van der Waals surface area contributed by atoms with Crippen LogP contribution in [0, 0.1) is 5.92 Å². The fraction of sp³-hybridized carbons (Fsp3) is 0.333. The molecule has 0 fully saturated rings. The number of halogens is 3. The van der Waals surface area contributed by atoms with Crippen molar-refractivity contribution >= 4 is 23.2 Å². The van der Waals surface area contributed by atoms with Gasteiger partial charge in [-0.2, -0.15) is 13.2 Å². The van der Waals surface area contributed by atoms with Crippen LogP contribution < -0.4 is 10.6 Å². The van der Waals surface area contributed by atoms with Gasteiger partial charge in [0.2, 0.25) is 5.91 Å². The highest BCUT2D eigenvalue weighted by Crippen LogP contribution is 2.29. The number of amides is 2. The molecule has 26 heavy (non-hydrogen) atoms. The predicted molar refractivity (Wildman–Crippen MR) is 93.8 cm³/mol. The highest BCUT2D eigenvalue weighted by atomic mass is 32.1. The van der Waals surface area contributed by atoms with E-state index in [4.69, 9.17) is 0 Å². The van der Waals surface area contributed by atoms with Gasteiger partial charge >= 0.3 is 6.18 Å². The van der Waals surface area contributed by atoms with Gasteiger partial charge in [0.25, 0.3) is 5.91 Å². The number of hydrogen-bond donors (Lipinski definition) is 2. The second-order valence-corrected chi connectivity index (χ2v) is 7.04. The average Bonchev–Trinajstić information content (AvgIpc) is 3.10. The molecule has 1 aromatic heterocycles. The van der Waals surface area contributed by atoms with Gasteiger partial charge in [-0.05, 0) is 41.6 Å². The summed E-state index contributed by atoms with van der Waals surface area (Å²) in [6.07, 6.45) is -4.46. The van der Waals surface area contributed by atoms with Crippen molar-refractivity contribution in [1.29, 1.82) is 0 Å². The minimum atomic E-state index is -4.46. The van der Waals surface area contributed by atoms with Crippen molar-refractivity contribution < 1.29 is 22.8 Å². The number of alkyl halides is 3. The van der Waals surface area contributed by atoms with Crippen LogP contribution in [0.1, 0.15) is 40.7 Å². The van der Waals surface area contributed by atoms with Crippen LogP contribution in [0.5, 0.6) is 0 Å². The number of nitrogens with one attached hydrogen (secondary N) is 2. The Labute approximate surface area is 153 Å². The molecule has 0 radical (unpaired) electrons. The maximum absolute atomic E-state index is 12.5. The molecule has 2 aromatic rings. The van der Waals surface area contributed by atoms with Crippen molar-refractivity contribution in [3.8, 4) is 0 Å². The summed E-state index contributed by atoms with van der Waals surface area (Å²) in [4.78, 5) is 25.1. The van der Waals surface area contributed by atoms with Crippen molar-refractivity contribution in [3.05, 3.63) is 57.8 Å². The molecule has 0 saturated carbocycles. The normalized spacial score (nSPS) is 12.7. The van der Waals surface area contributed by atoms with Crippen LogP contribution in [0.2, 0.25) is 0 Å². The van der Waals surface area contributed by atoms with Crippen LogP contribution in [0.25, 0.3) is 0 Å². The van der Waals surface area contributed by atoms with Crippen molar-refractivity contribution in [1.82, 2.24) is 10.6 Å². The summed E-state index contributed by atoms with van der Waals surface area (Å²) in [7, 11) is 0. The molecule has 2 amide bonds. The van der Waals surface area contributed by atoms with E-state index in [0.29, 0.717) is 0 Å². The molecule has 0 aliphatic rings. The number of rotatable bonds is 6. The fourth-order valence-electron chi connectivity index (χ4n) is 2.33. The Morgan fingerprint density at radius 3 is 2.27 bits per heavy atom. The van der Waals surface area contributed by atoms with Crippen LogP contribution in [-0.2, 0) is 11.0 Å². The first-order valence-corrected chi connectivity index (χ1v) is 8.84. The van der Waals surface area contributed by atoms with Gasteiger partial charge in [0.15, 0.2) is 0 Å². The minimum Gasteiger partial charge on any atom is -0.347 e. The summed E-state index contributed by atoms with van der Waals surface area (Å²) in [5.74, 6) is -0.799. The zero-order chi connectivity index (χ0) is 19.3. The number of thiophene rings is 1. The molecule has 0 saturated heterocycles. The molecule has 1 aromatic carbocycles. The summed E-state index contributed by atoms with van der Waals surface area (Å²) < 4.78 is 37.6. The lowest BCUT2D eigenvalue weighted by Gasteiger charge is -2.21. The molecule has 1 atom stereocenters. The average molecular weight is 384 g/mol. The third-order valence-corrected chi connectivity index (χ3v) is 4.67. The first-order valence-electron chi connectivity index (χ1n) is 7.96. The Hall–Kier alpha value is -2.35. The maximum atomic E-state index is 12.5. The SMILES string of the molecule is CC(C)[C@H](NC(=O)CNC(=O)c1ccc(C(F)(F)F)cc1)c1cccs1. The van der Waals surface area contributed by atoms with Crippen LogP contribution in [0.3, 0.4) is 0 Å².